The molecule has 0 bridgehead atoms. The van der Waals surface area contributed by atoms with Crippen molar-refractivity contribution in [3.8, 4) is 0 Å². The first-order chi connectivity index (χ1) is 40.0. The minimum atomic E-state index is -0.798. The largest absolute Gasteiger partial charge is 0.462 e. The number of carbonyl (C=O) groups excluding carboxylic acids is 3. The molecule has 0 radical (unpaired) electrons. The summed E-state index contributed by atoms with van der Waals surface area (Å²) in [6.45, 7) is 6.46. The second-order valence-corrected chi connectivity index (χ2v) is 23.1. The SMILES string of the molecule is CC/C=C\C/C=C\C/C=C\C/C=C\C/C=C\C/C=C\CCCCC(=O)OC(COC(=O)CCCCCCCCC)COC(=O)CCCCCCCCCCCCCCCCCCCCCCCCC/C=C\C/C=C\CCCCCCC. The van der Waals surface area contributed by atoms with Gasteiger partial charge < -0.3 is 14.2 Å². The molecule has 0 rings (SSSR count). The lowest BCUT2D eigenvalue weighted by molar-refractivity contribution is -0.167. The van der Waals surface area contributed by atoms with Gasteiger partial charge in [-0.15, -0.1) is 0 Å². The minimum Gasteiger partial charge on any atom is -0.462 e. The highest BCUT2D eigenvalue weighted by Crippen LogP contribution is 2.17. The van der Waals surface area contributed by atoms with Crippen molar-refractivity contribution in [3.63, 3.8) is 0 Å². The number of rotatable bonds is 63. The molecule has 0 spiro atoms. The Balaban J connectivity index is 4.04. The molecular weight excluding hydrogens is 997 g/mol. The number of allylic oxidation sites excluding steroid dienone is 16. The van der Waals surface area contributed by atoms with Crippen molar-refractivity contribution in [1.82, 2.24) is 0 Å². The number of ether oxygens (including phenoxy) is 3. The molecule has 1 unspecified atom stereocenters. The summed E-state index contributed by atoms with van der Waals surface area (Å²) in [5, 5.41) is 0. The summed E-state index contributed by atoms with van der Waals surface area (Å²) in [5.41, 5.74) is 0. The Morgan fingerprint density at radius 2 is 0.481 bits per heavy atom. The van der Waals surface area contributed by atoms with Gasteiger partial charge in [-0.1, -0.05) is 317 Å². The maximum Gasteiger partial charge on any atom is 0.306 e. The third-order valence-corrected chi connectivity index (χ3v) is 15.1. The fourth-order valence-corrected chi connectivity index (χ4v) is 9.89. The Bertz CT molecular complexity index is 1580. The van der Waals surface area contributed by atoms with Crippen LogP contribution in [-0.4, -0.2) is 37.2 Å². The van der Waals surface area contributed by atoms with Crippen molar-refractivity contribution >= 4 is 17.9 Å². The van der Waals surface area contributed by atoms with Crippen molar-refractivity contribution < 1.29 is 28.6 Å². The van der Waals surface area contributed by atoms with Crippen LogP contribution in [0.4, 0.5) is 0 Å². The van der Waals surface area contributed by atoms with Crippen LogP contribution in [0.3, 0.4) is 0 Å². The van der Waals surface area contributed by atoms with Gasteiger partial charge in [0.05, 0.1) is 0 Å². The molecule has 0 aliphatic heterocycles. The van der Waals surface area contributed by atoms with Crippen LogP contribution in [-0.2, 0) is 28.6 Å². The second-order valence-electron chi connectivity index (χ2n) is 23.1. The Kier molecular flexibility index (Phi) is 65.7. The van der Waals surface area contributed by atoms with Gasteiger partial charge in [-0.25, -0.2) is 0 Å². The van der Waals surface area contributed by atoms with Gasteiger partial charge in [0.15, 0.2) is 6.10 Å². The van der Waals surface area contributed by atoms with Gasteiger partial charge in [0.25, 0.3) is 0 Å². The van der Waals surface area contributed by atoms with Crippen molar-refractivity contribution in [3.05, 3.63) is 97.2 Å². The maximum absolute atomic E-state index is 12.8. The van der Waals surface area contributed by atoms with Crippen LogP contribution < -0.4 is 0 Å². The minimum absolute atomic E-state index is 0.0919. The monoisotopic (exact) mass is 1130 g/mol. The third kappa shape index (κ3) is 67.0. The number of hydrogen-bond donors (Lipinski definition) is 0. The van der Waals surface area contributed by atoms with Crippen molar-refractivity contribution in [2.45, 2.75) is 348 Å². The summed E-state index contributed by atoms with van der Waals surface area (Å²) in [5.74, 6) is -0.931. The van der Waals surface area contributed by atoms with Crippen molar-refractivity contribution in [1.29, 1.82) is 0 Å². The summed E-state index contributed by atoms with van der Waals surface area (Å²) < 4.78 is 16.8. The second kappa shape index (κ2) is 68.8. The number of esters is 3. The predicted octanol–water partition coefficient (Wildman–Crippen LogP) is 24.0. The Hall–Kier alpha value is -3.67. The van der Waals surface area contributed by atoms with Crippen molar-refractivity contribution in [2.24, 2.45) is 0 Å². The van der Waals surface area contributed by atoms with E-state index in [2.05, 4.69) is 118 Å². The topological polar surface area (TPSA) is 78.9 Å². The molecule has 0 saturated carbocycles. The van der Waals surface area contributed by atoms with E-state index in [1.54, 1.807) is 0 Å². The molecule has 6 nitrogen and oxygen atoms in total. The molecule has 0 heterocycles. The average molecular weight is 1130 g/mol. The quantitative estimate of drug-likeness (QED) is 0.0261. The summed E-state index contributed by atoms with van der Waals surface area (Å²) in [7, 11) is 0. The predicted molar refractivity (Wildman–Crippen MR) is 353 cm³/mol. The highest BCUT2D eigenvalue weighted by Gasteiger charge is 2.19. The average Bonchev–Trinajstić information content (AvgIpc) is 3.47. The van der Waals surface area contributed by atoms with E-state index >= 15 is 0 Å². The van der Waals surface area contributed by atoms with Gasteiger partial charge in [0.2, 0.25) is 0 Å². The Labute approximate surface area is 502 Å². The summed E-state index contributed by atoms with van der Waals surface area (Å²) >= 11 is 0. The van der Waals surface area contributed by atoms with E-state index in [0.29, 0.717) is 19.3 Å². The molecule has 6 heteroatoms. The normalized spacial score (nSPS) is 12.7. The lowest BCUT2D eigenvalue weighted by atomic mass is 10.0. The zero-order chi connectivity index (χ0) is 58.5. The molecule has 0 aliphatic carbocycles. The summed E-state index contributed by atoms with van der Waals surface area (Å²) in [6.07, 6.45) is 93.4. The summed E-state index contributed by atoms with van der Waals surface area (Å²) in [4.78, 5) is 38.1. The van der Waals surface area contributed by atoms with Crippen LogP contribution in [0.5, 0.6) is 0 Å². The first kappa shape index (κ1) is 77.3. The Morgan fingerprint density at radius 1 is 0.259 bits per heavy atom. The molecule has 0 aromatic rings. The first-order valence-electron chi connectivity index (χ1n) is 34.7. The zero-order valence-corrected chi connectivity index (χ0v) is 53.5. The van der Waals surface area contributed by atoms with E-state index < -0.39 is 6.10 Å². The van der Waals surface area contributed by atoms with Crippen LogP contribution in [0, 0.1) is 0 Å². The molecule has 0 N–H and O–H groups in total. The molecule has 0 saturated heterocycles. The molecule has 0 aliphatic rings. The number of hydrogen-bond acceptors (Lipinski definition) is 6. The van der Waals surface area contributed by atoms with E-state index in [1.807, 2.05) is 0 Å². The Morgan fingerprint density at radius 3 is 0.778 bits per heavy atom. The standard InChI is InChI=1S/C75H130O6/c1-4-7-10-13-16-18-20-22-24-26-28-30-31-32-33-34-35-36-37-38-39-40-41-42-43-45-46-48-50-52-54-56-59-62-65-68-74(77)80-71-72(70-79-73(76)67-64-61-58-15-12-9-6-3)81-75(78)69-66-63-60-57-55-53-51-49-47-44-29-27-25-23-21-19-17-14-11-8-5-2/h8,11,17,19-20,22-23,25-26,28-29,44,49,51,55,57,72H,4-7,9-10,12-16,18,21,24,27,30-43,45-48,50,52-54,56,58-71H2,1-3H3/b11-8-,19-17-,22-20-,25-23-,28-26-,44-29-,51-49-,57-55-. The van der Waals surface area contributed by atoms with Crippen LogP contribution >= 0.6 is 0 Å². The number of unbranched alkanes of at least 4 members (excludes halogenated alkanes) is 36. The van der Waals surface area contributed by atoms with E-state index in [4.69, 9.17) is 14.2 Å². The smallest absolute Gasteiger partial charge is 0.306 e. The van der Waals surface area contributed by atoms with E-state index in [1.165, 1.54) is 199 Å². The van der Waals surface area contributed by atoms with Crippen LogP contribution in [0.15, 0.2) is 97.2 Å². The molecule has 81 heavy (non-hydrogen) atoms. The van der Waals surface area contributed by atoms with E-state index in [0.717, 1.165) is 96.3 Å². The highest BCUT2D eigenvalue weighted by atomic mass is 16.6. The third-order valence-electron chi connectivity index (χ3n) is 15.1. The molecule has 1 atom stereocenters. The van der Waals surface area contributed by atoms with E-state index in [-0.39, 0.29) is 37.5 Å². The maximum atomic E-state index is 12.8. The van der Waals surface area contributed by atoms with Gasteiger partial charge >= 0.3 is 17.9 Å². The van der Waals surface area contributed by atoms with Gasteiger partial charge in [-0.05, 0) is 103 Å². The molecule has 466 valence electrons. The van der Waals surface area contributed by atoms with Gasteiger partial charge in [0.1, 0.15) is 13.2 Å². The molecule has 0 aromatic heterocycles. The molecule has 0 amide bonds. The molecular formula is C75H130O6. The zero-order valence-electron chi connectivity index (χ0n) is 53.5. The fraction of sp³-hybridized carbons (Fsp3) is 0.747. The summed E-state index contributed by atoms with van der Waals surface area (Å²) in [6, 6.07) is 0. The van der Waals surface area contributed by atoms with Crippen molar-refractivity contribution in [2.75, 3.05) is 13.2 Å². The molecule has 0 aromatic carbocycles. The molecule has 0 fully saturated rings. The van der Waals surface area contributed by atoms with Gasteiger partial charge in [0, 0.05) is 19.3 Å². The van der Waals surface area contributed by atoms with Gasteiger partial charge in [-0.3, -0.25) is 14.4 Å². The number of carbonyl (C=O) groups is 3. The lowest BCUT2D eigenvalue weighted by Gasteiger charge is -2.18. The lowest BCUT2D eigenvalue weighted by Crippen LogP contribution is -2.30. The first-order valence-corrected chi connectivity index (χ1v) is 34.7. The van der Waals surface area contributed by atoms with E-state index in [9.17, 15) is 14.4 Å². The van der Waals surface area contributed by atoms with Crippen LogP contribution in [0.2, 0.25) is 0 Å². The van der Waals surface area contributed by atoms with Crippen LogP contribution in [0.1, 0.15) is 342 Å². The fourth-order valence-electron chi connectivity index (χ4n) is 9.89. The highest BCUT2D eigenvalue weighted by molar-refractivity contribution is 5.71. The van der Waals surface area contributed by atoms with Gasteiger partial charge in [-0.2, -0.15) is 0 Å². The van der Waals surface area contributed by atoms with Crippen LogP contribution in [0.25, 0.3) is 0 Å².